The minimum Gasteiger partial charge on any atom is -0.481 e. The Morgan fingerprint density at radius 1 is 0.727 bits per heavy atom. The zero-order valence-electron chi connectivity index (χ0n) is 13.8. The number of aliphatic carboxylic acids is 1. The highest BCUT2D eigenvalue weighted by Gasteiger charge is 1.87. The van der Waals surface area contributed by atoms with E-state index in [0.29, 0.717) is 0 Å². The highest BCUT2D eigenvalue weighted by molar-refractivity contribution is 5.68. The average Bonchev–Trinajstić information content (AvgIpc) is 2.50. The minimum atomic E-state index is -0.785. The molecule has 0 aliphatic carbocycles. The molecule has 0 aromatic rings. The van der Waals surface area contributed by atoms with Crippen LogP contribution < -0.4 is 0 Å². The molecule has 122 valence electrons. The largest absolute Gasteiger partial charge is 0.481 e. The van der Waals surface area contributed by atoms with E-state index in [0.717, 1.165) is 25.7 Å². The molecule has 0 aliphatic rings. The van der Waals surface area contributed by atoms with Crippen LogP contribution in [0.3, 0.4) is 0 Å². The number of carboxylic acids is 1. The summed E-state index contributed by atoms with van der Waals surface area (Å²) in [4.78, 5) is 10.3. The molecule has 2 heteroatoms. The summed E-state index contributed by atoms with van der Waals surface area (Å²) >= 11 is 0. The Hall–Kier alpha value is -1.83. The Bertz CT molecular complexity index is 398. The summed E-state index contributed by atoms with van der Waals surface area (Å²) < 4.78 is 0. The van der Waals surface area contributed by atoms with Crippen LogP contribution in [0.25, 0.3) is 0 Å². The molecule has 0 saturated carbocycles. The maximum Gasteiger partial charge on any atom is 0.307 e. The van der Waals surface area contributed by atoms with Crippen molar-refractivity contribution in [3.8, 4) is 0 Å². The Morgan fingerprint density at radius 2 is 1.14 bits per heavy atom. The third-order valence-corrected chi connectivity index (χ3v) is 2.94. The number of carbonyl (C=O) groups is 1. The summed E-state index contributed by atoms with van der Waals surface area (Å²) in [5.41, 5.74) is 0. The second-order valence-corrected chi connectivity index (χ2v) is 5.04. The van der Waals surface area contributed by atoms with Crippen molar-refractivity contribution in [2.75, 3.05) is 0 Å². The number of hydrogen-bond donors (Lipinski definition) is 1. The summed E-state index contributed by atoms with van der Waals surface area (Å²) in [6.45, 7) is 2.21. The van der Waals surface area contributed by atoms with E-state index in [1.54, 1.807) is 6.08 Å². The molecule has 0 saturated heterocycles. The maximum atomic E-state index is 10.3. The molecule has 0 bridgehead atoms. The summed E-state index contributed by atoms with van der Waals surface area (Å²) in [6.07, 6.45) is 28.5. The third-order valence-electron chi connectivity index (χ3n) is 2.94. The monoisotopic (exact) mass is 302 g/mol. The molecular formula is C20H30O2. The van der Waals surface area contributed by atoms with Gasteiger partial charge in [-0.2, -0.15) is 0 Å². The fourth-order valence-corrected chi connectivity index (χ4v) is 1.71. The van der Waals surface area contributed by atoms with E-state index in [1.165, 1.54) is 19.3 Å². The Morgan fingerprint density at radius 3 is 1.55 bits per heavy atom. The molecule has 1 N–H and O–H groups in total. The summed E-state index contributed by atoms with van der Waals surface area (Å²) in [5, 5.41) is 8.45. The van der Waals surface area contributed by atoms with Gasteiger partial charge >= 0.3 is 5.97 Å². The molecule has 0 unspecified atom stereocenters. The first-order valence-electron chi connectivity index (χ1n) is 8.24. The normalized spacial score (nSPS) is 12.8. The van der Waals surface area contributed by atoms with Crippen molar-refractivity contribution in [2.24, 2.45) is 0 Å². The minimum absolute atomic E-state index is 0.105. The van der Waals surface area contributed by atoms with E-state index in [-0.39, 0.29) is 6.42 Å². The lowest BCUT2D eigenvalue weighted by atomic mass is 10.2. The molecule has 2 nitrogen and oxygen atoms in total. The molecule has 0 aromatic carbocycles. The smallest absolute Gasteiger partial charge is 0.307 e. The van der Waals surface area contributed by atoms with Crippen LogP contribution in [0.5, 0.6) is 0 Å². The van der Waals surface area contributed by atoms with Gasteiger partial charge in [-0.15, -0.1) is 0 Å². The van der Waals surface area contributed by atoms with Crippen LogP contribution in [0, 0.1) is 0 Å². The zero-order chi connectivity index (χ0) is 16.3. The topological polar surface area (TPSA) is 37.3 Å². The first kappa shape index (κ1) is 20.2. The van der Waals surface area contributed by atoms with Crippen LogP contribution in [0.4, 0.5) is 0 Å². The SMILES string of the molecule is CCCCC=CCC=CCC=CCC=CCC=CCC(=O)O. The van der Waals surface area contributed by atoms with Gasteiger partial charge in [-0.05, 0) is 32.1 Å². The van der Waals surface area contributed by atoms with Crippen molar-refractivity contribution in [1.82, 2.24) is 0 Å². The Kier molecular flexibility index (Phi) is 15.8. The van der Waals surface area contributed by atoms with Crippen molar-refractivity contribution >= 4 is 5.97 Å². The fraction of sp³-hybridized carbons (Fsp3) is 0.450. The molecule has 0 amide bonds. The van der Waals surface area contributed by atoms with Crippen LogP contribution in [0.2, 0.25) is 0 Å². The highest BCUT2D eigenvalue weighted by atomic mass is 16.4. The second-order valence-electron chi connectivity index (χ2n) is 5.04. The van der Waals surface area contributed by atoms with Crippen LogP contribution in [-0.2, 0) is 4.79 Å². The van der Waals surface area contributed by atoms with Crippen molar-refractivity contribution in [1.29, 1.82) is 0 Å². The summed E-state index contributed by atoms with van der Waals surface area (Å²) in [7, 11) is 0. The predicted molar refractivity (Wildman–Crippen MR) is 95.9 cm³/mol. The molecular weight excluding hydrogens is 272 g/mol. The van der Waals surface area contributed by atoms with Gasteiger partial charge in [0.15, 0.2) is 0 Å². The van der Waals surface area contributed by atoms with Crippen molar-refractivity contribution in [3.63, 3.8) is 0 Å². The van der Waals surface area contributed by atoms with Gasteiger partial charge in [-0.1, -0.05) is 80.5 Å². The molecule has 0 atom stereocenters. The van der Waals surface area contributed by atoms with Gasteiger partial charge in [-0.25, -0.2) is 0 Å². The van der Waals surface area contributed by atoms with E-state index >= 15 is 0 Å². The predicted octanol–water partition coefficient (Wildman–Crippen LogP) is 5.99. The fourth-order valence-electron chi connectivity index (χ4n) is 1.71. The molecule has 0 aromatic heterocycles. The quantitative estimate of drug-likeness (QED) is 0.335. The first-order valence-corrected chi connectivity index (χ1v) is 8.24. The van der Waals surface area contributed by atoms with Crippen LogP contribution in [0.1, 0.15) is 58.3 Å². The molecule has 0 rings (SSSR count). The molecule has 0 heterocycles. The number of allylic oxidation sites excluding steroid dienone is 9. The van der Waals surface area contributed by atoms with Gasteiger partial charge in [-0.3, -0.25) is 4.79 Å². The number of carboxylic acid groups (broad SMARTS) is 1. The second kappa shape index (κ2) is 17.2. The number of hydrogen-bond acceptors (Lipinski definition) is 1. The van der Waals surface area contributed by atoms with Gasteiger partial charge in [0.05, 0.1) is 6.42 Å². The van der Waals surface area contributed by atoms with Crippen LogP contribution >= 0.6 is 0 Å². The highest BCUT2D eigenvalue weighted by Crippen LogP contribution is 1.98. The van der Waals surface area contributed by atoms with E-state index in [9.17, 15) is 4.79 Å². The average molecular weight is 302 g/mol. The Labute approximate surface area is 135 Å². The van der Waals surface area contributed by atoms with Crippen molar-refractivity contribution in [2.45, 2.75) is 58.3 Å². The lowest BCUT2D eigenvalue weighted by Crippen LogP contribution is -1.89. The van der Waals surface area contributed by atoms with Crippen LogP contribution in [-0.4, -0.2) is 11.1 Å². The van der Waals surface area contributed by atoms with Crippen molar-refractivity contribution < 1.29 is 9.90 Å². The van der Waals surface area contributed by atoms with Crippen LogP contribution in [0.15, 0.2) is 60.8 Å². The zero-order valence-corrected chi connectivity index (χ0v) is 13.8. The molecule has 0 fully saturated rings. The third kappa shape index (κ3) is 18.2. The van der Waals surface area contributed by atoms with Gasteiger partial charge in [0.1, 0.15) is 0 Å². The summed E-state index contributed by atoms with van der Waals surface area (Å²) in [5.74, 6) is -0.785. The standard InChI is InChI=1S/C20H30O2/c1-2-3-4-5-6-7-8-9-10-11-12-13-14-15-16-17-18-19-20(21)22/h5-6,8-9,11-12,14-15,17-18H,2-4,7,10,13,16,19H2,1H3,(H,21,22). The molecule has 0 radical (unpaired) electrons. The van der Waals surface area contributed by atoms with E-state index in [2.05, 4.69) is 55.5 Å². The molecule has 22 heavy (non-hydrogen) atoms. The molecule has 0 aliphatic heterocycles. The molecule has 0 spiro atoms. The van der Waals surface area contributed by atoms with E-state index in [1.807, 2.05) is 6.08 Å². The van der Waals surface area contributed by atoms with E-state index in [4.69, 9.17) is 5.11 Å². The number of rotatable bonds is 13. The lowest BCUT2D eigenvalue weighted by Gasteiger charge is -1.87. The van der Waals surface area contributed by atoms with E-state index < -0.39 is 5.97 Å². The van der Waals surface area contributed by atoms with Crippen molar-refractivity contribution in [3.05, 3.63) is 60.8 Å². The van der Waals surface area contributed by atoms with Gasteiger partial charge in [0.25, 0.3) is 0 Å². The maximum absolute atomic E-state index is 10.3. The van der Waals surface area contributed by atoms with Gasteiger partial charge in [0.2, 0.25) is 0 Å². The lowest BCUT2D eigenvalue weighted by molar-refractivity contribution is -0.136. The Balaban J connectivity index is 3.48. The van der Waals surface area contributed by atoms with Gasteiger partial charge < -0.3 is 5.11 Å². The number of unbranched alkanes of at least 4 members (excludes halogenated alkanes) is 2. The first-order chi connectivity index (χ1) is 10.8. The summed E-state index contributed by atoms with van der Waals surface area (Å²) in [6, 6.07) is 0. The van der Waals surface area contributed by atoms with Gasteiger partial charge in [0, 0.05) is 0 Å².